The number of carbonyl (C=O) groups is 1. The normalized spacial score (nSPS) is 10.1. The van der Waals surface area contributed by atoms with Gasteiger partial charge in [-0.05, 0) is 12.1 Å². The molecule has 4 heteroatoms. The molecular weight excluding hydrogens is 180 g/mol. The van der Waals surface area contributed by atoms with Crippen molar-refractivity contribution < 1.29 is 9.53 Å². The van der Waals surface area contributed by atoms with Crippen LogP contribution in [-0.4, -0.2) is 13.0 Å². The summed E-state index contributed by atoms with van der Waals surface area (Å²) in [6.45, 7) is 0. The molecule has 0 saturated heterocycles. The second kappa shape index (κ2) is 5.04. The Balaban J connectivity index is 2.85. The van der Waals surface area contributed by atoms with E-state index in [1.54, 1.807) is 13.2 Å². The van der Waals surface area contributed by atoms with E-state index in [0.717, 1.165) is 5.56 Å². The van der Waals surface area contributed by atoms with Crippen LogP contribution in [0.15, 0.2) is 30.3 Å². The van der Waals surface area contributed by atoms with Crippen LogP contribution in [0.5, 0.6) is 5.75 Å². The molecule has 0 saturated carbocycles. The minimum absolute atomic E-state index is 0.351. The number of hydrogen-bond acceptors (Lipinski definition) is 3. The maximum absolute atomic E-state index is 10.8. The van der Waals surface area contributed by atoms with Crippen LogP contribution >= 0.6 is 0 Å². The van der Waals surface area contributed by atoms with E-state index >= 15 is 0 Å². The lowest BCUT2D eigenvalue weighted by molar-refractivity contribution is -0.116. The maximum atomic E-state index is 10.8. The van der Waals surface area contributed by atoms with E-state index in [4.69, 9.17) is 10.6 Å². The van der Waals surface area contributed by atoms with E-state index in [9.17, 15) is 4.79 Å². The average Bonchev–Trinajstić information content (AvgIpc) is 2.26. The van der Waals surface area contributed by atoms with Crippen LogP contribution in [0.2, 0.25) is 0 Å². The molecule has 0 heterocycles. The lowest BCUT2D eigenvalue weighted by atomic mass is 10.2. The molecule has 1 amide bonds. The first-order valence-corrected chi connectivity index (χ1v) is 4.09. The average molecular weight is 192 g/mol. The zero-order valence-corrected chi connectivity index (χ0v) is 7.86. The van der Waals surface area contributed by atoms with E-state index in [2.05, 4.69) is 0 Å². The molecule has 0 aliphatic rings. The van der Waals surface area contributed by atoms with Crippen LogP contribution < -0.4 is 16.0 Å². The van der Waals surface area contributed by atoms with Crippen LogP contribution in [0.1, 0.15) is 5.56 Å². The van der Waals surface area contributed by atoms with Gasteiger partial charge in [0.15, 0.2) is 0 Å². The van der Waals surface area contributed by atoms with Gasteiger partial charge in [0.2, 0.25) is 0 Å². The van der Waals surface area contributed by atoms with E-state index in [1.807, 2.05) is 29.7 Å². The summed E-state index contributed by atoms with van der Waals surface area (Å²) in [4.78, 5) is 10.8. The first-order chi connectivity index (χ1) is 6.77. The van der Waals surface area contributed by atoms with Gasteiger partial charge in [-0.1, -0.05) is 18.2 Å². The van der Waals surface area contributed by atoms with Crippen molar-refractivity contribution in [3.05, 3.63) is 35.9 Å². The molecule has 0 atom stereocenters. The Hall–Kier alpha value is -1.81. The van der Waals surface area contributed by atoms with Crippen LogP contribution in [0.25, 0.3) is 6.08 Å². The molecule has 1 aromatic carbocycles. The quantitative estimate of drug-likeness (QED) is 0.320. The molecule has 0 aromatic heterocycles. The van der Waals surface area contributed by atoms with E-state index in [0.29, 0.717) is 5.75 Å². The highest BCUT2D eigenvalue weighted by molar-refractivity contribution is 5.91. The molecule has 0 unspecified atom stereocenters. The molecule has 0 aliphatic heterocycles. The van der Waals surface area contributed by atoms with Crippen molar-refractivity contribution >= 4 is 12.0 Å². The fourth-order valence-corrected chi connectivity index (χ4v) is 1.02. The number of methoxy groups -OCH3 is 1. The number of hydrogen-bond donors (Lipinski definition) is 2. The van der Waals surface area contributed by atoms with Crippen molar-refractivity contribution in [2.24, 2.45) is 5.84 Å². The summed E-state index contributed by atoms with van der Waals surface area (Å²) in [7, 11) is 1.58. The number of hydrazine groups is 1. The Morgan fingerprint density at radius 2 is 2.21 bits per heavy atom. The van der Waals surface area contributed by atoms with Gasteiger partial charge in [-0.2, -0.15) is 0 Å². The third-order valence-electron chi connectivity index (χ3n) is 1.70. The van der Waals surface area contributed by atoms with E-state index < -0.39 is 0 Å². The van der Waals surface area contributed by atoms with Gasteiger partial charge in [-0.3, -0.25) is 10.2 Å². The first-order valence-electron chi connectivity index (χ1n) is 4.09. The van der Waals surface area contributed by atoms with Crippen molar-refractivity contribution in [2.45, 2.75) is 0 Å². The molecule has 0 spiro atoms. The molecule has 0 bridgehead atoms. The molecular formula is C10H12N2O2. The van der Waals surface area contributed by atoms with Crippen molar-refractivity contribution in [2.75, 3.05) is 7.11 Å². The van der Waals surface area contributed by atoms with Gasteiger partial charge in [0.05, 0.1) is 7.11 Å². The van der Waals surface area contributed by atoms with Gasteiger partial charge in [-0.15, -0.1) is 0 Å². The second-order valence-corrected chi connectivity index (χ2v) is 2.58. The monoisotopic (exact) mass is 192 g/mol. The lowest BCUT2D eigenvalue weighted by Crippen LogP contribution is -2.27. The zero-order valence-electron chi connectivity index (χ0n) is 7.86. The van der Waals surface area contributed by atoms with E-state index in [-0.39, 0.29) is 5.91 Å². The molecule has 0 radical (unpaired) electrons. The van der Waals surface area contributed by atoms with Crippen LogP contribution in [0.4, 0.5) is 0 Å². The summed E-state index contributed by atoms with van der Waals surface area (Å²) in [5.74, 6) is 5.29. The first kappa shape index (κ1) is 10.3. The molecule has 0 fully saturated rings. The Labute approximate surface area is 82.3 Å². The number of nitrogens with two attached hydrogens (primary N) is 1. The Bertz CT molecular complexity index is 348. The third kappa shape index (κ3) is 2.60. The van der Waals surface area contributed by atoms with Crippen LogP contribution in [-0.2, 0) is 4.79 Å². The highest BCUT2D eigenvalue weighted by Crippen LogP contribution is 2.18. The summed E-state index contributed by atoms with van der Waals surface area (Å²) >= 11 is 0. The Kier molecular flexibility index (Phi) is 3.69. The van der Waals surface area contributed by atoms with Gasteiger partial charge in [-0.25, -0.2) is 5.84 Å². The number of amides is 1. The molecule has 4 nitrogen and oxygen atoms in total. The highest BCUT2D eigenvalue weighted by Gasteiger charge is 1.97. The van der Waals surface area contributed by atoms with Crippen LogP contribution in [0.3, 0.4) is 0 Å². The molecule has 1 aromatic rings. The van der Waals surface area contributed by atoms with Crippen molar-refractivity contribution in [1.29, 1.82) is 0 Å². The smallest absolute Gasteiger partial charge is 0.257 e. The molecule has 1 rings (SSSR count). The topological polar surface area (TPSA) is 64.3 Å². The van der Waals surface area contributed by atoms with Crippen molar-refractivity contribution in [1.82, 2.24) is 5.43 Å². The summed E-state index contributed by atoms with van der Waals surface area (Å²) in [6, 6.07) is 7.39. The predicted molar refractivity (Wildman–Crippen MR) is 54.4 cm³/mol. The standard InChI is InChI=1S/C10H12N2O2/c1-14-9-5-3-2-4-8(9)6-7-10(13)12-11/h2-7H,11H2,1H3,(H,12,13)/b7-6+. The fourth-order valence-electron chi connectivity index (χ4n) is 1.02. The summed E-state index contributed by atoms with van der Waals surface area (Å²) in [6.07, 6.45) is 2.98. The van der Waals surface area contributed by atoms with Gasteiger partial charge < -0.3 is 4.74 Å². The minimum atomic E-state index is -0.351. The molecule has 3 N–H and O–H groups in total. The molecule has 14 heavy (non-hydrogen) atoms. The van der Waals surface area contributed by atoms with E-state index in [1.165, 1.54) is 6.08 Å². The number of ether oxygens (including phenoxy) is 1. The second-order valence-electron chi connectivity index (χ2n) is 2.58. The zero-order chi connectivity index (χ0) is 10.4. The van der Waals surface area contributed by atoms with Crippen LogP contribution in [0, 0.1) is 0 Å². The maximum Gasteiger partial charge on any atom is 0.257 e. The Morgan fingerprint density at radius 1 is 1.50 bits per heavy atom. The summed E-state index contributed by atoms with van der Waals surface area (Å²) in [5, 5.41) is 0. The molecule has 74 valence electrons. The van der Waals surface area contributed by atoms with Crippen molar-refractivity contribution in [3.63, 3.8) is 0 Å². The van der Waals surface area contributed by atoms with Gasteiger partial charge in [0.25, 0.3) is 5.91 Å². The number of rotatable bonds is 3. The van der Waals surface area contributed by atoms with Gasteiger partial charge >= 0.3 is 0 Å². The summed E-state index contributed by atoms with van der Waals surface area (Å²) < 4.78 is 5.10. The molecule has 0 aliphatic carbocycles. The Morgan fingerprint density at radius 3 is 2.86 bits per heavy atom. The largest absolute Gasteiger partial charge is 0.496 e. The number of carbonyl (C=O) groups excluding carboxylic acids is 1. The number of para-hydroxylation sites is 1. The fraction of sp³-hybridized carbons (Fsp3) is 0.100. The highest BCUT2D eigenvalue weighted by atomic mass is 16.5. The minimum Gasteiger partial charge on any atom is -0.496 e. The van der Waals surface area contributed by atoms with Gasteiger partial charge in [0, 0.05) is 11.6 Å². The van der Waals surface area contributed by atoms with Crippen molar-refractivity contribution in [3.8, 4) is 5.75 Å². The number of nitrogens with one attached hydrogen (secondary N) is 1. The number of benzene rings is 1. The van der Waals surface area contributed by atoms with Gasteiger partial charge in [0.1, 0.15) is 5.75 Å². The third-order valence-corrected chi connectivity index (χ3v) is 1.70. The summed E-state index contributed by atoms with van der Waals surface area (Å²) in [5.41, 5.74) is 2.84. The predicted octanol–water partition coefficient (Wildman–Crippen LogP) is 0.698. The SMILES string of the molecule is COc1ccccc1/C=C/C(=O)NN. The lowest BCUT2D eigenvalue weighted by Gasteiger charge is -2.02.